The molecule has 94 valence electrons. The number of nitrogens with one attached hydrogen (secondary N) is 1. The van der Waals surface area contributed by atoms with Crippen LogP contribution in [-0.2, 0) is 11.3 Å². The van der Waals surface area contributed by atoms with Crippen LogP contribution in [0.5, 0.6) is 0 Å². The Balaban J connectivity index is 1.90. The maximum absolute atomic E-state index is 12.1. The second-order valence-electron chi connectivity index (χ2n) is 3.98. The zero-order valence-electron chi connectivity index (χ0n) is 9.61. The monoisotopic (exact) mass is 318 g/mol. The number of carbonyl (C=O) groups is 1. The molecule has 1 atom stereocenters. The first kappa shape index (κ1) is 13.0. The molecule has 0 aliphatic carbocycles. The Morgan fingerprint density at radius 3 is 3.12 bits per heavy atom. The molecule has 1 N–H and O–H groups in total. The van der Waals surface area contributed by atoms with Crippen molar-refractivity contribution in [3.63, 3.8) is 0 Å². The van der Waals surface area contributed by atoms with Crippen molar-refractivity contribution in [3.05, 3.63) is 22.6 Å². The molecule has 1 aliphatic heterocycles. The molecule has 1 aromatic rings. The molecule has 0 bridgehead atoms. The minimum Gasteiger partial charge on any atom is -0.452 e. The Morgan fingerprint density at radius 2 is 2.53 bits per heavy atom. The molecule has 4 nitrogen and oxygen atoms in total. The van der Waals surface area contributed by atoms with Gasteiger partial charge in [0.15, 0.2) is 4.67 Å². The zero-order valence-corrected chi connectivity index (χ0v) is 12.0. The van der Waals surface area contributed by atoms with Crippen molar-refractivity contribution in [2.75, 3.05) is 25.1 Å². The number of amides is 1. The number of furan rings is 1. The summed E-state index contributed by atoms with van der Waals surface area (Å²) in [4.78, 5) is 13.8. The number of halogens is 1. The predicted molar refractivity (Wildman–Crippen MR) is 72.0 cm³/mol. The van der Waals surface area contributed by atoms with Crippen LogP contribution < -0.4 is 5.32 Å². The van der Waals surface area contributed by atoms with Crippen LogP contribution in [0.4, 0.5) is 0 Å². The average Bonchev–Trinajstić information content (AvgIpc) is 2.75. The van der Waals surface area contributed by atoms with E-state index in [2.05, 4.69) is 21.2 Å². The van der Waals surface area contributed by atoms with E-state index in [-0.39, 0.29) is 11.9 Å². The van der Waals surface area contributed by atoms with E-state index in [0.717, 1.165) is 23.8 Å². The van der Waals surface area contributed by atoms with Gasteiger partial charge in [0.2, 0.25) is 5.91 Å². The zero-order chi connectivity index (χ0) is 12.3. The summed E-state index contributed by atoms with van der Waals surface area (Å²) in [7, 11) is 1.81. The first-order valence-corrected chi connectivity index (χ1v) is 7.42. The van der Waals surface area contributed by atoms with Crippen LogP contribution in [0.25, 0.3) is 0 Å². The Hall–Kier alpha value is -0.460. The summed E-state index contributed by atoms with van der Waals surface area (Å²) >= 11 is 5.07. The van der Waals surface area contributed by atoms with E-state index >= 15 is 0 Å². The van der Waals surface area contributed by atoms with Crippen molar-refractivity contribution in [2.24, 2.45) is 0 Å². The van der Waals surface area contributed by atoms with E-state index in [1.54, 1.807) is 11.9 Å². The first-order valence-electron chi connectivity index (χ1n) is 5.47. The van der Waals surface area contributed by atoms with Crippen molar-refractivity contribution in [3.8, 4) is 0 Å². The van der Waals surface area contributed by atoms with Crippen molar-refractivity contribution in [1.29, 1.82) is 0 Å². The van der Waals surface area contributed by atoms with Gasteiger partial charge in [0, 0.05) is 25.1 Å². The summed E-state index contributed by atoms with van der Waals surface area (Å²) in [5.74, 6) is 2.85. The van der Waals surface area contributed by atoms with Crippen LogP contribution in [-0.4, -0.2) is 41.9 Å². The molecule has 1 aliphatic rings. The molecule has 0 saturated carbocycles. The molecule has 1 amide bonds. The Bertz CT molecular complexity index is 391. The second-order valence-corrected chi connectivity index (χ2v) is 5.91. The van der Waals surface area contributed by atoms with Gasteiger partial charge in [-0.15, -0.1) is 0 Å². The highest BCUT2D eigenvalue weighted by Crippen LogP contribution is 2.16. The number of carbonyl (C=O) groups excluding carboxylic acids is 1. The number of likely N-dealkylation sites (N-methyl/N-ethyl adjacent to an activating group) is 1. The van der Waals surface area contributed by atoms with Crippen LogP contribution >= 0.6 is 27.7 Å². The third-order valence-electron chi connectivity index (χ3n) is 2.62. The number of hydrogen-bond donors (Lipinski definition) is 1. The van der Waals surface area contributed by atoms with E-state index in [9.17, 15) is 4.79 Å². The van der Waals surface area contributed by atoms with Crippen molar-refractivity contribution in [1.82, 2.24) is 10.2 Å². The summed E-state index contributed by atoms with van der Waals surface area (Å²) in [5.41, 5.74) is 0. The molecule has 0 spiro atoms. The molecule has 6 heteroatoms. The topological polar surface area (TPSA) is 45.5 Å². The van der Waals surface area contributed by atoms with E-state index in [1.165, 1.54) is 0 Å². The molecule has 1 fully saturated rings. The molecule has 17 heavy (non-hydrogen) atoms. The van der Waals surface area contributed by atoms with E-state index < -0.39 is 0 Å². The minimum absolute atomic E-state index is 0.0582. The van der Waals surface area contributed by atoms with Gasteiger partial charge >= 0.3 is 0 Å². The largest absolute Gasteiger partial charge is 0.452 e. The first-order chi connectivity index (χ1) is 8.16. The minimum atomic E-state index is -0.0582. The van der Waals surface area contributed by atoms with Gasteiger partial charge < -0.3 is 14.6 Å². The third-order valence-corrected chi connectivity index (χ3v) is 4.11. The molecule has 1 aromatic heterocycles. The van der Waals surface area contributed by atoms with E-state index in [0.29, 0.717) is 11.2 Å². The number of thioether (sulfide) groups is 1. The molecule has 1 saturated heterocycles. The fourth-order valence-electron chi connectivity index (χ4n) is 1.74. The molecular formula is C11H15BrN2O2S. The van der Waals surface area contributed by atoms with Gasteiger partial charge in [0.05, 0.1) is 12.6 Å². The highest BCUT2D eigenvalue weighted by atomic mass is 79.9. The average molecular weight is 319 g/mol. The summed E-state index contributed by atoms with van der Waals surface area (Å²) < 4.78 is 6.08. The number of nitrogens with zero attached hydrogens (tertiary/aromatic N) is 1. The lowest BCUT2D eigenvalue weighted by Crippen LogP contribution is -2.49. The van der Waals surface area contributed by atoms with Crippen molar-refractivity contribution >= 4 is 33.6 Å². The summed E-state index contributed by atoms with van der Waals surface area (Å²) in [6, 6.07) is 3.65. The lowest BCUT2D eigenvalue weighted by Gasteiger charge is -2.26. The van der Waals surface area contributed by atoms with Crippen LogP contribution in [0.3, 0.4) is 0 Å². The van der Waals surface area contributed by atoms with E-state index in [1.807, 2.05) is 23.9 Å². The van der Waals surface area contributed by atoms with Gasteiger partial charge in [0.25, 0.3) is 0 Å². The lowest BCUT2D eigenvalue weighted by atomic mass is 10.2. The van der Waals surface area contributed by atoms with Crippen LogP contribution in [0.2, 0.25) is 0 Å². The van der Waals surface area contributed by atoms with Crippen LogP contribution in [0.15, 0.2) is 21.2 Å². The SMILES string of the molecule is CN(Cc1ccc(Br)o1)C(=O)C1CSCCN1. The van der Waals surface area contributed by atoms with Crippen molar-refractivity contribution < 1.29 is 9.21 Å². The molecule has 2 rings (SSSR count). The van der Waals surface area contributed by atoms with Gasteiger partial charge in [-0.25, -0.2) is 0 Å². The predicted octanol–water partition coefficient (Wildman–Crippen LogP) is 1.71. The number of rotatable bonds is 3. The van der Waals surface area contributed by atoms with Gasteiger partial charge in [-0.2, -0.15) is 11.8 Å². The fraction of sp³-hybridized carbons (Fsp3) is 0.545. The van der Waals surface area contributed by atoms with E-state index in [4.69, 9.17) is 4.42 Å². The molecular weight excluding hydrogens is 304 g/mol. The molecule has 1 unspecified atom stereocenters. The maximum Gasteiger partial charge on any atom is 0.240 e. The fourth-order valence-corrected chi connectivity index (χ4v) is 3.00. The quantitative estimate of drug-likeness (QED) is 0.921. The Kier molecular flexibility index (Phi) is 4.53. The summed E-state index contributed by atoms with van der Waals surface area (Å²) in [5, 5.41) is 3.24. The lowest BCUT2D eigenvalue weighted by molar-refractivity contribution is -0.132. The molecule has 2 heterocycles. The van der Waals surface area contributed by atoms with Gasteiger partial charge in [-0.3, -0.25) is 4.79 Å². The van der Waals surface area contributed by atoms with Crippen molar-refractivity contribution in [2.45, 2.75) is 12.6 Å². The normalized spacial score (nSPS) is 20.2. The molecule has 0 aromatic carbocycles. The van der Waals surface area contributed by atoms with Crippen LogP contribution in [0.1, 0.15) is 5.76 Å². The summed E-state index contributed by atoms with van der Waals surface area (Å²) in [6.45, 7) is 1.41. The smallest absolute Gasteiger partial charge is 0.240 e. The third kappa shape index (κ3) is 3.50. The Morgan fingerprint density at radius 1 is 1.71 bits per heavy atom. The summed E-state index contributed by atoms with van der Waals surface area (Å²) in [6.07, 6.45) is 0. The maximum atomic E-state index is 12.1. The molecule has 0 radical (unpaired) electrons. The van der Waals surface area contributed by atoms with Gasteiger partial charge in [-0.1, -0.05) is 0 Å². The van der Waals surface area contributed by atoms with Crippen LogP contribution in [0, 0.1) is 0 Å². The Labute approximate surface area is 113 Å². The second kappa shape index (κ2) is 5.93. The standard InChI is InChI=1S/C11H15BrN2O2S/c1-14(6-8-2-3-10(12)16-8)11(15)9-7-17-5-4-13-9/h2-3,9,13H,4-7H2,1H3. The highest BCUT2D eigenvalue weighted by Gasteiger charge is 2.24. The number of hydrogen-bond acceptors (Lipinski definition) is 4. The highest BCUT2D eigenvalue weighted by molar-refractivity contribution is 9.10. The van der Waals surface area contributed by atoms with Gasteiger partial charge in [0.1, 0.15) is 5.76 Å². The van der Waals surface area contributed by atoms with Gasteiger partial charge in [-0.05, 0) is 28.1 Å².